The predicted octanol–water partition coefficient (Wildman–Crippen LogP) is 1.78. The van der Waals surface area contributed by atoms with Crippen LogP contribution < -0.4 is 5.73 Å². The van der Waals surface area contributed by atoms with Crippen LogP contribution in [0.2, 0.25) is 0 Å². The third-order valence-corrected chi connectivity index (χ3v) is 3.48. The molecule has 1 aromatic rings. The molecule has 1 aromatic heterocycles. The minimum Gasteiger partial charge on any atom is -0.365 e. The van der Waals surface area contributed by atoms with Crippen molar-refractivity contribution in [1.82, 2.24) is 0 Å². The summed E-state index contributed by atoms with van der Waals surface area (Å²) in [6.07, 6.45) is 0. The Labute approximate surface area is 76.6 Å². The van der Waals surface area contributed by atoms with Gasteiger partial charge in [-0.15, -0.1) is 11.3 Å². The summed E-state index contributed by atoms with van der Waals surface area (Å²) in [6, 6.07) is 3.69. The molecule has 10 heavy (non-hydrogen) atoms. The van der Waals surface area contributed by atoms with Crippen molar-refractivity contribution in [3.63, 3.8) is 0 Å². The second-order valence-corrected chi connectivity index (χ2v) is 3.69. The monoisotopic (exact) mass is 267 g/mol. The lowest BCUT2D eigenvalue weighted by atomic mass is 10.4. The summed E-state index contributed by atoms with van der Waals surface area (Å²) < 4.78 is 0.940. The smallest absolute Gasteiger partial charge is 0.258 e. The molecule has 0 saturated carbocycles. The quantitative estimate of drug-likeness (QED) is 0.644. The maximum atomic E-state index is 10.6. The van der Waals surface area contributed by atoms with Crippen molar-refractivity contribution in [1.29, 1.82) is 0 Å². The lowest BCUT2D eigenvalue weighted by Crippen LogP contribution is -2.07. The zero-order valence-electron chi connectivity index (χ0n) is 5.13. The highest BCUT2D eigenvalue weighted by Gasteiger charge is 2.02. The molecule has 54 valence electrons. The Hall–Kier alpha value is -0.100. The fraction of sp³-hybridized carbons (Fsp3) is 0.167. The number of amides is 1. The Kier molecular flexibility index (Phi) is 2.67. The van der Waals surface area contributed by atoms with Gasteiger partial charge in [0.1, 0.15) is 0 Å². The van der Waals surface area contributed by atoms with Crippen LogP contribution >= 0.6 is 33.9 Å². The number of rotatable bonds is 2. The molecule has 1 heterocycles. The molecule has 0 aliphatic rings. The van der Waals surface area contributed by atoms with Crippen LogP contribution in [0.3, 0.4) is 0 Å². The summed E-state index contributed by atoms with van der Waals surface area (Å²) in [7, 11) is 0. The average Bonchev–Trinajstić information content (AvgIpc) is 2.34. The van der Waals surface area contributed by atoms with Gasteiger partial charge in [-0.3, -0.25) is 4.79 Å². The molecule has 0 radical (unpaired) electrons. The van der Waals surface area contributed by atoms with Gasteiger partial charge in [-0.1, -0.05) is 22.6 Å². The third-order valence-electron chi connectivity index (χ3n) is 1.04. The molecule has 0 unspecified atom stereocenters. The molecule has 0 aliphatic carbocycles. The number of alkyl halides is 1. The first-order valence-electron chi connectivity index (χ1n) is 2.68. The number of nitrogens with two attached hydrogens (primary N) is 1. The van der Waals surface area contributed by atoms with Gasteiger partial charge < -0.3 is 5.73 Å². The second kappa shape index (κ2) is 3.34. The largest absolute Gasteiger partial charge is 0.365 e. The molecule has 4 heteroatoms. The van der Waals surface area contributed by atoms with Crippen molar-refractivity contribution >= 4 is 39.8 Å². The van der Waals surface area contributed by atoms with Gasteiger partial charge in [-0.05, 0) is 12.1 Å². The Bertz CT molecular complexity index is 246. The molecule has 0 aromatic carbocycles. The van der Waals surface area contributed by atoms with Gasteiger partial charge in [-0.2, -0.15) is 0 Å². The standard InChI is InChI=1S/C6H6INOS/c7-3-4-1-2-5(10-4)6(8)9/h1-2H,3H2,(H2,8,9). The molecule has 0 saturated heterocycles. The summed E-state index contributed by atoms with van der Waals surface area (Å²) >= 11 is 3.71. The lowest BCUT2D eigenvalue weighted by molar-refractivity contribution is 0.100. The van der Waals surface area contributed by atoms with Crippen LogP contribution in [-0.2, 0) is 4.43 Å². The highest BCUT2D eigenvalue weighted by molar-refractivity contribution is 14.1. The first-order chi connectivity index (χ1) is 4.74. The van der Waals surface area contributed by atoms with Gasteiger partial charge >= 0.3 is 0 Å². The summed E-state index contributed by atoms with van der Waals surface area (Å²) in [6.45, 7) is 0. The first-order valence-corrected chi connectivity index (χ1v) is 5.02. The summed E-state index contributed by atoms with van der Waals surface area (Å²) in [5.41, 5.74) is 5.05. The van der Waals surface area contributed by atoms with Crippen LogP contribution in [0, 0.1) is 0 Å². The Morgan fingerprint density at radius 1 is 1.70 bits per heavy atom. The van der Waals surface area contributed by atoms with Crippen LogP contribution in [0.1, 0.15) is 14.5 Å². The highest BCUT2D eigenvalue weighted by Crippen LogP contribution is 2.18. The molecule has 0 spiro atoms. The SMILES string of the molecule is NC(=O)c1ccc(CI)s1. The number of hydrogen-bond donors (Lipinski definition) is 1. The zero-order chi connectivity index (χ0) is 7.56. The van der Waals surface area contributed by atoms with E-state index in [1.807, 2.05) is 6.07 Å². The molecule has 2 N–H and O–H groups in total. The van der Waals surface area contributed by atoms with Crippen molar-refractivity contribution in [2.45, 2.75) is 4.43 Å². The summed E-state index contributed by atoms with van der Waals surface area (Å²) in [5.74, 6) is -0.332. The normalized spacial score (nSPS) is 9.70. The van der Waals surface area contributed by atoms with E-state index in [-0.39, 0.29) is 5.91 Å². The third kappa shape index (κ3) is 1.69. The maximum absolute atomic E-state index is 10.6. The molecular weight excluding hydrogens is 261 g/mol. The molecule has 1 amide bonds. The van der Waals surface area contributed by atoms with Crippen LogP contribution in [0.4, 0.5) is 0 Å². The fourth-order valence-corrected chi connectivity index (χ4v) is 2.01. The molecule has 2 nitrogen and oxygen atoms in total. The van der Waals surface area contributed by atoms with E-state index in [0.29, 0.717) is 4.88 Å². The number of halogens is 1. The van der Waals surface area contributed by atoms with Crippen molar-refractivity contribution in [3.05, 3.63) is 21.9 Å². The van der Waals surface area contributed by atoms with Crippen molar-refractivity contribution in [3.8, 4) is 0 Å². The Morgan fingerprint density at radius 3 is 2.70 bits per heavy atom. The van der Waals surface area contributed by atoms with Gasteiger partial charge in [-0.25, -0.2) is 0 Å². The van der Waals surface area contributed by atoms with E-state index in [1.165, 1.54) is 16.2 Å². The highest BCUT2D eigenvalue weighted by atomic mass is 127. The van der Waals surface area contributed by atoms with E-state index in [2.05, 4.69) is 22.6 Å². The summed E-state index contributed by atoms with van der Waals surface area (Å²) in [4.78, 5) is 12.4. The number of thiophene rings is 1. The maximum Gasteiger partial charge on any atom is 0.258 e. The van der Waals surface area contributed by atoms with Gasteiger partial charge in [0.05, 0.1) is 4.88 Å². The first kappa shape index (κ1) is 8.00. The lowest BCUT2D eigenvalue weighted by Gasteiger charge is -1.83. The van der Waals surface area contributed by atoms with Crippen molar-refractivity contribution in [2.75, 3.05) is 0 Å². The van der Waals surface area contributed by atoms with Crippen molar-refractivity contribution < 1.29 is 4.79 Å². The van der Waals surface area contributed by atoms with E-state index >= 15 is 0 Å². The topological polar surface area (TPSA) is 43.1 Å². The van der Waals surface area contributed by atoms with Gasteiger partial charge in [0.25, 0.3) is 5.91 Å². The molecule has 1 rings (SSSR count). The van der Waals surface area contributed by atoms with E-state index in [0.717, 1.165) is 4.43 Å². The minimum absolute atomic E-state index is 0.332. The van der Waals surface area contributed by atoms with E-state index in [9.17, 15) is 4.79 Å². The Balaban J connectivity index is 2.88. The Morgan fingerprint density at radius 2 is 2.40 bits per heavy atom. The van der Waals surface area contributed by atoms with Gasteiger partial charge in [0, 0.05) is 9.30 Å². The number of primary amides is 1. The molecular formula is C6H6INOS. The minimum atomic E-state index is -0.332. The molecule has 0 fully saturated rings. The molecule has 0 bridgehead atoms. The van der Waals surface area contributed by atoms with Crippen LogP contribution in [-0.4, -0.2) is 5.91 Å². The van der Waals surface area contributed by atoms with Crippen molar-refractivity contribution in [2.24, 2.45) is 5.73 Å². The second-order valence-electron chi connectivity index (χ2n) is 1.76. The summed E-state index contributed by atoms with van der Waals surface area (Å²) in [5, 5.41) is 0. The van der Waals surface area contributed by atoms with E-state index < -0.39 is 0 Å². The van der Waals surface area contributed by atoms with Crippen LogP contribution in [0.15, 0.2) is 12.1 Å². The fourth-order valence-electron chi connectivity index (χ4n) is 0.582. The van der Waals surface area contributed by atoms with Crippen LogP contribution in [0.5, 0.6) is 0 Å². The van der Waals surface area contributed by atoms with E-state index in [4.69, 9.17) is 5.73 Å². The zero-order valence-corrected chi connectivity index (χ0v) is 8.11. The van der Waals surface area contributed by atoms with Gasteiger partial charge in [0.2, 0.25) is 0 Å². The number of carbonyl (C=O) groups is 1. The van der Waals surface area contributed by atoms with E-state index in [1.54, 1.807) is 6.07 Å². The number of carbonyl (C=O) groups excluding carboxylic acids is 1. The van der Waals surface area contributed by atoms with Crippen LogP contribution in [0.25, 0.3) is 0 Å². The molecule has 0 aliphatic heterocycles. The molecule has 0 atom stereocenters. The number of hydrogen-bond acceptors (Lipinski definition) is 2. The average molecular weight is 267 g/mol. The predicted molar refractivity (Wildman–Crippen MR) is 50.6 cm³/mol. The van der Waals surface area contributed by atoms with Gasteiger partial charge in [0.15, 0.2) is 0 Å².